The van der Waals surface area contributed by atoms with Crippen LogP contribution in [0.1, 0.15) is 24.2 Å². The molecule has 9 heteroatoms. The van der Waals surface area contributed by atoms with Gasteiger partial charge in [-0.05, 0) is 43.3 Å². The lowest BCUT2D eigenvalue weighted by atomic mass is 10.1. The molecule has 0 bridgehead atoms. The van der Waals surface area contributed by atoms with Crippen LogP contribution in [0.2, 0.25) is 0 Å². The van der Waals surface area contributed by atoms with Crippen molar-refractivity contribution in [3.05, 3.63) is 60.2 Å². The molecule has 0 aliphatic heterocycles. The maximum atomic E-state index is 12.2. The Bertz CT molecular complexity index is 956. The van der Waals surface area contributed by atoms with E-state index in [-0.39, 0.29) is 10.8 Å². The lowest BCUT2D eigenvalue weighted by Gasteiger charge is -2.13. The number of sulfonamides is 1. The zero-order valence-corrected chi connectivity index (χ0v) is 16.2. The van der Waals surface area contributed by atoms with Gasteiger partial charge in [-0.25, -0.2) is 8.42 Å². The van der Waals surface area contributed by atoms with Gasteiger partial charge in [-0.3, -0.25) is 14.4 Å². The number of hydrogen-bond donors (Lipinski definition) is 2. The Morgan fingerprint density at radius 2 is 1.61 bits per heavy atom. The van der Waals surface area contributed by atoms with Gasteiger partial charge in [0.2, 0.25) is 15.9 Å². The van der Waals surface area contributed by atoms with Crippen LogP contribution in [0, 0.1) is 0 Å². The number of esters is 1. The Labute approximate surface area is 163 Å². The molecular weight excluding hydrogens is 384 g/mol. The Balaban J connectivity index is 1.90. The first-order valence-corrected chi connectivity index (χ1v) is 9.82. The molecule has 2 aromatic carbocycles. The van der Waals surface area contributed by atoms with Crippen molar-refractivity contribution in [3.63, 3.8) is 0 Å². The second-order valence-electron chi connectivity index (χ2n) is 5.95. The number of carbonyl (C=O) groups excluding carboxylic acids is 3. The first-order chi connectivity index (χ1) is 13.2. The summed E-state index contributed by atoms with van der Waals surface area (Å²) in [7, 11) is -3.88. The van der Waals surface area contributed by atoms with Crippen LogP contribution in [-0.2, 0) is 24.3 Å². The summed E-state index contributed by atoms with van der Waals surface area (Å²) < 4.78 is 31.5. The summed E-state index contributed by atoms with van der Waals surface area (Å²) in [6.07, 6.45) is 0. The molecule has 8 nitrogen and oxygen atoms in total. The van der Waals surface area contributed by atoms with Gasteiger partial charge in [0, 0.05) is 18.2 Å². The molecule has 0 radical (unpaired) electrons. The molecule has 0 heterocycles. The number of benzene rings is 2. The molecule has 0 fully saturated rings. The van der Waals surface area contributed by atoms with E-state index >= 15 is 0 Å². The summed E-state index contributed by atoms with van der Waals surface area (Å²) in [5.41, 5.74) is 0.824. The fourth-order valence-corrected chi connectivity index (χ4v) is 3.45. The second kappa shape index (κ2) is 9.25. The van der Waals surface area contributed by atoms with Crippen molar-refractivity contribution in [3.8, 4) is 0 Å². The Morgan fingerprint density at radius 1 is 1.00 bits per heavy atom. The highest BCUT2D eigenvalue weighted by atomic mass is 32.2. The van der Waals surface area contributed by atoms with Crippen LogP contribution in [0.3, 0.4) is 0 Å². The highest BCUT2D eigenvalue weighted by Crippen LogP contribution is 2.11. The molecule has 0 spiro atoms. The van der Waals surface area contributed by atoms with Crippen molar-refractivity contribution in [1.82, 2.24) is 4.72 Å². The molecule has 2 N–H and O–H groups in total. The minimum atomic E-state index is -3.88. The van der Waals surface area contributed by atoms with E-state index in [0.29, 0.717) is 11.3 Å². The topological polar surface area (TPSA) is 119 Å². The van der Waals surface area contributed by atoms with Crippen LogP contribution < -0.4 is 10.0 Å². The van der Waals surface area contributed by atoms with Gasteiger partial charge in [-0.15, -0.1) is 0 Å². The molecule has 0 aromatic heterocycles. The van der Waals surface area contributed by atoms with Crippen molar-refractivity contribution in [2.75, 3.05) is 11.9 Å². The smallest absolute Gasteiger partial charge is 0.324 e. The molecule has 28 heavy (non-hydrogen) atoms. The highest BCUT2D eigenvalue weighted by molar-refractivity contribution is 7.89. The quantitative estimate of drug-likeness (QED) is 0.511. The van der Waals surface area contributed by atoms with Crippen molar-refractivity contribution in [1.29, 1.82) is 0 Å². The van der Waals surface area contributed by atoms with E-state index in [1.54, 1.807) is 30.3 Å². The third-order valence-electron chi connectivity index (χ3n) is 3.61. The third-order valence-corrected chi connectivity index (χ3v) is 5.17. The number of ketones is 1. The van der Waals surface area contributed by atoms with E-state index in [9.17, 15) is 22.8 Å². The lowest BCUT2D eigenvalue weighted by molar-refractivity contribution is -0.144. The van der Waals surface area contributed by atoms with Gasteiger partial charge in [-0.2, -0.15) is 4.72 Å². The molecule has 2 rings (SSSR count). The number of hydrogen-bond acceptors (Lipinski definition) is 6. The SMILES string of the molecule is CC(=O)Nc1ccc(C(=O)COC(=O)C(C)NS(=O)(=O)c2ccccc2)cc1. The standard InChI is InChI=1S/C19H20N2O6S/c1-13(21-28(25,26)17-6-4-3-5-7-17)19(24)27-12-18(23)15-8-10-16(11-9-15)20-14(2)22/h3-11,13,21H,12H2,1-2H3,(H,20,22). The van der Waals surface area contributed by atoms with Gasteiger partial charge in [0.05, 0.1) is 4.90 Å². The van der Waals surface area contributed by atoms with Crippen LogP contribution in [0.15, 0.2) is 59.5 Å². The highest BCUT2D eigenvalue weighted by Gasteiger charge is 2.23. The van der Waals surface area contributed by atoms with Crippen LogP contribution in [-0.4, -0.2) is 38.7 Å². The maximum Gasteiger partial charge on any atom is 0.324 e. The van der Waals surface area contributed by atoms with Gasteiger partial charge in [0.1, 0.15) is 6.04 Å². The largest absolute Gasteiger partial charge is 0.456 e. The molecule has 148 valence electrons. The van der Waals surface area contributed by atoms with E-state index in [1.807, 2.05) is 0 Å². The van der Waals surface area contributed by atoms with Gasteiger partial charge in [-0.1, -0.05) is 18.2 Å². The number of rotatable bonds is 8. The van der Waals surface area contributed by atoms with Crippen LogP contribution in [0.4, 0.5) is 5.69 Å². The molecule has 1 unspecified atom stereocenters. The number of ether oxygens (including phenoxy) is 1. The maximum absolute atomic E-state index is 12.2. The number of Topliss-reactive ketones (excluding diaryl/α,β-unsaturated/α-hetero) is 1. The van der Waals surface area contributed by atoms with E-state index in [1.165, 1.54) is 38.1 Å². The normalized spacial score (nSPS) is 12.1. The first-order valence-electron chi connectivity index (χ1n) is 8.34. The second-order valence-corrected chi connectivity index (χ2v) is 7.66. The molecule has 0 aliphatic rings. The minimum absolute atomic E-state index is 0.0185. The first kappa shape index (κ1) is 21.3. The fraction of sp³-hybridized carbons (Fsp3) is 0.211. The van der Waals surface area contributed by atoms with Crippen LogP contribution in [0.25, 0.3) is 0 Å². The number of carbonyl (C=O) groups is 3. The minimum Gasteiger partial charge on any atom is -0.456 e. The predicted octanol–water partition coefficient (Wildman–Crippen LogP) is 1.74. The van der Waals surface area contributed by atoms with Crippen molar-refractivity contribution in [2.24, 2.45) is 0 Å². The van der Waals surface area contributed by atoms with Gasteiger partial charge < -0.3 is 10.1 Å². The van der Waals surface area contributed by atoms with E-state index in [4.69, 9.17) is 4.74 Å². The zero-order chi connectivity index (χ0) is 20.7. The average Bonchev–Trinajstić information content (AvgIpc) is 2.66. The lowest BCUT2D eigenvalue weighted by Crippen LogP contribution is -2.40. The summed E-state index contributed by atoms with van der Waals surface area (Å²) in [4.78, 5) is 35.1. The molecule has 0 saturated heterocycles. The fourth-order valence-electron chi connectivity index (χ4n) is 2.24. The number of anilines is 1. The molecule has 2 aromatic rings. The van der Waals surface area contributed by atoms with Gasteiger partial charge >= 0.3 is 5.97 Å². The zero-order valence-electron chi connectivity index (χ0n) is 15.3. The van der Waals surface area contributed by atoms with Crippen LogP contribution >= 0.6 is 0 Å². The number of nitrogens with one attached hydrogen (secondary N) is 2. The monoisotopic (exact) mass is 404 g/mol. The van der Waals surface area contributed by atoms with E-state index in [0.717, 1.165) is 0 Å². The van der Waals surface area contributed by atoms with Crippen LogP contribution in [0.5, 0.6) is 0 Å². The third kappa shape index (κ3) is 6.00. The van der Waals surface area contributed by atoms with Crippen molar-refractivity contribution >= 4 is 33.4 Å². The molecule has 0 aliphatic carbocycles. The summed E-state index contributed by atoms with van der Waals surface area (Å²) in [6, 6.07) is 12.5. The van der Waals surface area contributed by atoms with Crippen molar-refractivity contribution < 1.29 is 27.5 Å². The van der Waals surface area contributed by atoms with E-state index < -0.39 is 34.4 Å². The Morgan fingerprint density at radius 3 is 2.18 bits per heavy atom. The molecule has 1 atom stereocenters. The van der Waals surface area contributed by atoms with Crippen molar-refractivity contribution in [2.45, 2.75) is 24.8 Å². The summed E-state index contributed by atoms with van der Waals surface area (Å²) in [5, 5.41) is 2.57. The van der Waals surface area contributed by atoms with E-state index in [2.05, 4.69) is 10.0 Å². The predicted molar refractivity (Wildman–Crippen MR) is 102 cm³/mol. The summed E-state index contributed by atoms with van der Waals surface area (Å²) in [6.45, 7) is 2.16. The molecule has 1 amide bonds. The number of amides is 1. The van der Waals surface area contributed by atoms with Gasteiger partial charge in [0.15, 0.2) is 12.4 Å². The summed E-state index contributed by atoms with van der Waals surface area (Å²) >= 11 is 0. The molecular formula is C19H20N2O6S. The Kier molecular flexibility index (Phi) is 7.02. The molecule has 0 saturated carbocycles. The Hall–Kier alpha value is -3.04. The van der Waals surface area contributed by atoms with Gasteiger partial charge in [0.25, 0.3) is 0 Å². The average molecular weight is 404 g/mol. The summed E-state index contributed by atoms with van der Waals surface area (Å²) in [5.74, 6) is -1.57.